The van der Waals surface area contributed by atoms with Gasteiger partial charge >= 0.3 is 24.1 Å². The van der Waals surface area contributed by atoms with Crippen molar-refractivity contribution in [3.8, 4) is 28.7 Å². The fourth-order valence-corrected chi connectivity index (χ4v) is 8.26. The zero-order chi connectivity index (χ0) is 40.7. The van der Waals surface area contributed by atoms with Crippen molar-refractivity contribution in [3.05, 3.63) is 76.9 Å². The van der Waals surface area contributed by atoms with Crippen LogP contribution in [-0.2, 0) is 58.9 Å². The summed E-state index contributed by atoms with van der Waals surface area (Å²) in [6.45, 7) is 4.10. The van der Waals surface area contributed by atoms with Gasteiger partial charge in [-0.25, -0.2) is 4.79 Å². The Hall–Kier alpha value is -5.62. The molecular weight excluding hydrogens is 764 g/mol. The van der Waals surface area contributed by atoms with Crippen molar-refractivity contribution in [1.29, 1.82) is 0 Å². The highest BCUT2D eigenvalue weighted by atomic mass is 16.8. The summed E-state index contributed by atoms with van der Waals surface area (Å²) in [6, 6.07) is 16.0. The molecule has 5 aliphatic rings. The van der Waals surface area contributed by atoms with Gasteiger partial charge in [-0.3, -0.25) is 14.4 Å². The van der Waals surface area contributed by atoms with Crippen LogP contribution in [0.4, 0.5) is 4.79 Å². The van der Waals surface area contributed by atoms with E-state index in [0.29, 0.717) is 28.2 Å². The van der Waals surface area contributed by atoms with Crippen LogP contribution in [0.15, 0.2) is 54.6 Å². The number of esters is 3. The number of carbonyl (C=O) groups excluding carboxylic acids is 4. The first-order valence-corrected chi connectivity index (χ1v) is 18.7. The van der Waals surface area contributed by atoms with Gasteiger partial charge in [0, 0.05) is 25.7 Å². The molecule has 0 radical (unpaired) electrons. The second kappa shape index (κ2) is 16.3. The number of methoxy groups -OCH3 is 2. The van der Waals surface area contributed by atoms with Gasteiger partial charge in [-0.1, -0.05) is 30.3 Å². The highest BCUT2D eigenvalue weighted by Gasteiger charge is 2.58. The van der Waals surface area contributed by atoms with Crippen LogP contribution in [0.1, 0.15) is 55.0 Å². The summed E-state index contributed by atoms with van der Waals surface area (Å²) in [5, 5.41) is 0. The van der Waals surface area contributed by atoms with Gasteiger partial charge < -0.3 is 61.6 Å². The van der Waals surface area contributed by atoms with Gasteiger partial charge in [-0.2, -0.15) is 0 Å². The van der Waals surface area contributed by atoms with Crippen LogP contribution in [0.5, 0.6) is 28.7 Å². The van der Waals surface area contributed by atoms with Crippen molar-refractivity contribution >= 4 is 24.1 Å². The zero-order valence-electron chi connectivity index (χ0n) is 32.2. The molecule has 0 bridgehead atoms. The lowest BCUT2D eigenvalue weighted by atomic mass is 9.66. The molecule has 3 aromatic rings. The van der Waals surface area contributed by atoms with Gasteiger partial charge in [0.1, 0.15) is 18.8 Å². The predicted molar refractivity (Wildman–Crippen MR) is 193 cm³/mol. The van der Waals surface area contributed by atoms with Crippen molar-refractivity contribution in [2.75, 3.05) is 34.2 Å². The molecule has 10 atom stereocenters. The van der Waals surface area contributed by atoms with Crippen LogP contribution < -0.4 is 23.7 Å². The third-order valence-corrected chi connectivity index (χ3v) is 10.7. The molecule has 0 aromatic heterocycles. The Bertz CT molecular complexity index is 2030. The molecule has 1 aliphatic carbocycles. The maximum Gasteiger partial charge on any atom is 0.514 e. The Morgan fingerprint density at radius 2 is 1.48 bits per heavy atom. The molecule has 58 heavy (non-hydrogen) atoms. The lowest BCUT2D eigenvalue weighted by Crippen LogP contribution is -2.65. The summed E-state index contributed by atoms with van der Waals surface area (Å²) in [7, 11) is 2.81. The minimum atomic E-state index is -1.33. The third kappa shape index (κ3) is 7.57. The molecule has 4 heterocycles. The number of benzene rings is 3. The standard InChI is InChI=1S/C41H42O17/c1-19(42)53-37-36-31(17-48-21(3)55-36)56-40(38(37)54-20(2)43)57-34-25-14-28-27(51-18-52-28)13-24(25)32(33-26(34)16-49-39(33)44)23-11-29(46-4)35(30(12-23)47-5)58-41(45)50-15-22-9-7-6-8-10-22/h6-14,21,26,31-34,36-38,40H,15-18H2,1-5H3/t21-,26+,31-,32-,33+,34-,36-,37+,38-,40+/m1/s1. The van der Waals surface area contributed by atoms with E-state index in [1.807, 2.05) is 30.3 Å². The number of hydrogen-bond acceptors (Lipinski definition) is 17. The van der Waals surface area contributed by atoms with Gasteiger partial charge in [-0.15, -0.1) is 0 Å². The predicted octanol–water partition coefficient (Wildman–Crippen LogP) is 4.49. The summed E-state index contributed by atoms with van der Waals surface area (Å²) >= 11 is 0. The highest BCUT2D eigenvalue weighted by molar-refractivity contribution is 5.79. The molecule has 8 rings (SSSR count). The Labute approximate surface area is 332 Å². The summed E-state index contributed by atoms with van der Waals surface area (Å²) in [5.41, 5.74) is 2.53. The quantitative estimate of drug-likeness (QED) is 0.158. The van der Waals surface area contributed by atoms with Gasteiger partial charge in [-0.05, 0) is 53.4 Å². The molecule has 17 nitrogen and oxygen atoms in total. The fourth-order valence-electron chi connectivity index (χ4n) is 8.26. The molecule has 3 aromatic carbocycles. The third-order valence-electron chi connectivity index (χ3n) is 10.7. The monoisotopic (exact) mass is 806 g/mol. The topological polar surface area (TPSA) is 188 Å². The SMILES string of the molecule is COc1cc([C@@H]2c3cc4c(cc3[C@@H](O[C@@H]3O[C@@H]5CO[C@@H](C)O[C@H]5[C@H](OC(C)=O)[C@H]3OC(C)=O)[C@H]3COC(=O)[C@H]23)OCO4)cc(OC)c1OC(=O)OCc1ccccc1. The number of hydrogen-bond donors (Lipinski definition) is 0. The number of rotatable bonds is 10. The van der Waals surface area contributed by atoms with Crippen molar-refractivity contribution < 1.29 is 80.8 Å². The molecule has 0 N–H and O–H groups in total. The summed E-state index contributed by atoms with van der Waals surface area (Å²) in [4.78, 5) is 51.8. The minimum absolute atomic E-state index is 0.0221. The molecular formula is C41H42O17. The van der Waals surface area contributed by atoms with Crippen LogP contribution in [-0.4, -0.2) is 95.3 Å². The summed E-state index contributed by atoms with van der Waals surface area (Å²) in [5.74, 6) is -2.92. The van der Waals surface area contributed by atoms with Crippen LogP contribution in [0.2, 0.25) is 0 Å². The van der Waals surface area contributed by atoms with Gasteiger partial charge in [0.25, 0.3) is 0 Å². The van der Waals surface area contributed by atoms with E-state index in [9.17, 15) is 19.2 Å². The Balaban J connectivity index is 1.17. The molecule has 0 amide bonds. The van der Waals surface area contributed by atoms with E-state index in [4.69, 9.17) is 61.6 Å². The van der Waals surface area contributed by atoms with E-state index in [1.54, 1.807) is 31.2 Å². The van der Waals surface area contributed by atoms with E-state index >= 15 is 0 Å². The van der Waals surface area contributed by atoms with Gasteiger partial charge in [0.05, 0.1) is 39.5 Å². The van der Waals surface area contributed by atoms with Crippen LogP contribution in [0.25, 0.3) is 0 Å². The van der Waals surface area contributed by atoms with Crippen LogP contribution >= 0.6 is 0 Å². The maximum atomic E-state index is 13.9. The average molecular weight is 807 g/mol. The Morgan fingerprint density at radius 3 is 2.16 bits per heavy atom. The lowest BCUT2D eigenvalue weighted by Gasteiger charge is -2.49. The molecule has 308 valence electrons. The molecule has 0 unspecified atom stereocenters. The number of carbonyl (C=O) groups is 4. The molecule has 3 fully saturated rings. The fraction of sp³-hybridized carbons (Fsp3) is 0.463. The Morgan fingerprint density at radius 1 is 0.810 bits per heavy atom. The molecule has 4 aliphatic heterocycles. The largest absolute Gasteiger partial charge is 0.514 e. The van der Waals surface area contributed by atoms with Crippen molar-refractivity contribution in [2.45, 2.75) is 76.4 Å². The van der Waals surface area contributed by atoms with E-state index in [2.05, 4.69) is 0 Å². The van der Waals surface area contributed by atoms with Crippen molar-refractivity contribution in [2.24, 2.45) is 11.8 Å². The Kier molecular flexibility index (Phi) is 11.0. The van der Waals surface area contributed by atoms with E-state index < -0.39 is 84.9 Å². The molecule has 0 saturated carbocycles. The molecule has 17 heteroatoms. The second-order valence-electron chi connectivity index (χ2n) is 14.3. The lowest BCUT2D eigenvalue weighted by molar-refractivity contribution is -0.365. The second-order valence-corrected chi connectivity index (χ2v) is 14.3. The normalized spacial score (nSPS) is 29.2. The summed E-state index contributed by atoms with van der Waals surface area (Å²) in [6.07, 6.45) is -7.92. The maximum absolute atomic E-state index is 13.9. The number of ether oxygens (including phenoxy) is 13. The van der Waals surface area contributed by atoms with Crippen molar-refractivity contribution in [3.63, 3.8) is 0 Å². The smallest absolute Gasteiger partial charge is 0.493 e. The van der Waals surface area contributed by atoms with Gasteiger partial charge in [0.15, 0.2) is 47.8 Å². The van der Waals surface area contributed by atoms with Crippen molar-refractivity contribution in [1.82, 2.24) is 0 Å². The first kappa shape index (κ1) is 39.2. The van der Waals surface area contributed by atoms with E-state index in [-0.39, 0.29) is 43.9 Å². The van der Waals surface area contributed by atoms with Crippen LogP contribution in [0, 0.1) is 11.8 Å². The molecule has 3 saturated heterocycles. The first-order chi connectivity index (χ1) is 28.0. The molecule has 0 spiro atoms. The summed E-state index contributed by atoms with van der Waals surface area (Å²) < 4.78 is 76.2. The zero-order valence-corrected chi connectivity index (χ0v) is 32.2. The number of fused-ring (bicyclic) bond motifs is 4. The number of cyclic esters (lactones) is 1. The minimum Gasteiger partial charge on any atom is -0.493 e. The van der Waals surface area contributed by atoms with Crippen LogP contribution in [0.3, 0.4) is 0 Å². The van der Waals surface area contributed by atoms with Gasteiger partial charge in [0.2, 0.25) is 12.5 Å². The van der Waals surface area contributed by atoms with E-state index in [0.717, 1.165) is 5.56 Å². The first-order valence-electron chi connectivity index (χ1n) is 18.7. The highest BCUT2D eigenvalue weighted by Crippen LogP contribution is 2.57. The average Bonchev–Trinajstić information content (AvgIpc) is 3.83. The van der Waals surface area contributed by atoms with E-state index in [1.165, 1.54) is 28.1 Å².